The smallest absolute Gasteiger partial charge is 0.222 e. The van der Waals surface area contributed by atoms with Gasteiger partial charge in [0.15, 0.2) is 0 Å². The van der Waals surface area contributed by atoms with E-state index < -0.39 is 6.10 Å². The van der Waals surface area contributed by atoms with Crippen molar-refractivity contribution in [3.63, 3.8) is 0 Å². The number of benzene rings is 2. The van der Waals surface area contributed by atoms with E-state index in [0.29, 0.717) is 19.0 Å². The lowest BCUT2D eigenvalue weighted by atomic mass is 10.1. The van der Waals surface area contributed by atoms with E-state index in [9.17, 15) is 5.11 Å². The van der Waals surface area contributed by atoms with Crippen LogP contribution in [0.3, 0.4) is 0 Å². The molecule has 0 aliphatic carbocycles. The molecule has 0 fully saturated rings. The number of aryl methyl sites for hydroxylation is 2. The largest absolute Gasteiger partial charge is 0.439 e. The maximum atomic E-state index is 10.6. The highest BCUT2D eigenvalue weighted by Crippen LogP contribution is 2.34. The Bertz CT molecular complexity index is 1070. The van der Waals surface area contributed by atoms with Gasteiger partial charge in [0, 0.05) is 31.7 Å². The molecule has 2 aromatic carbocycles. The summed E-state index contributed by atoms with van der Waals surface area (Å²) in [7, 11) is 1.90. The van der Waals surface area contributed by atoms with Crippen molar-refractivity contribution < 1.29 is 14.6 Å². The molecule has 0 saturated carbocycles. The van der Waals surface area contributed by atoms with Gasteiger partial charge >= 0.3 is 0 Å². The minimum absolute atomic E-state index is 0.190. The molecule has 6 heteroatoms. The zero-order chi connectivity index (χ0) is 24.5. The fourth-order valence-electron chi connectivity index (χ4n) is 3.81. The molecular weight excluding hydrogens is 426 g/mol. The Morgan fingerprint density at radius 2 is 1.85 bits per heavy atom. The van der Waals surface area contributed by atoms with Gasteiger partial charge in [0.2, 0.25) is 5.88 Å². The van der Waals surface area contributed by atoms with Gasteiger partial charge in [-0.1, -0.05) is 60.9 Å². The van der Waals surface area contributed by atoms with E-state index in [1.54, 1.807) is 4.68 Å². The molecule has 1 heterocycles. The van der Waals surface area contributed by atoms with Gasteiger partial charge < -0.3 is 14.6 Å². The molecule has 0 aliphatic heterocycles. The van der Waals surface area contributed by atoms with Crippen LogP contribution >= 0.6 is 0 Å². The zero-order valence-corrected chi connectivity index (χ0v) is 20.6. The summed E-state index contributed by atoms with van der Waals surface area (Å²) >= 11 is 0. The Morgan fingerprint density at radius 1 is 1.15 bits per heavy atom. The summed E-state index contributed by atoms with van der Waals surface area (Å²) in [5.74, 6) is 3.88. The molecule has 6 nitrogen and oxygen atoms in total. The number of rotatable bonds is 12. The normalized spacial score (nSPS) is 13.0. The fourth-order valence-corrected chi connectivity index (χ4v) is 3.81. The summed E-state index contributed by atoms with van der Waals surface area (Å²) < 4.78 is 13.5. The van der Waals surface area contributed by atoms with E-state index in [1.165, 1.54) is 5.56 Å². The number of aromatic nitrogens is 2. The monoisotopic (exact) mass is 461 g/mol. The maximum absolute atomic E-state index is 10.6. The molecule has 0 saturated heterocycles. The fraction of sp³-hybridized carbons (Fsp3) is 0.393. The van der Waals surface area contributed by atoms with E-state index in [1.807, 2.05) is 49.5 Å². The third kappa shape index (κ3) is 6.71. The third-order valence-corrected chi connectivity index (χ3v) is 5.89. The molecule has 0 radical (unpaired) electrons. The number of aliphatic hydroxyl groups is 1. The number of aliphatic hydroxyl groups excluding tert-OH is 1. The lowest BCUT2D eigenvalue weighted by Gasteiger charge is -2.30. The Hall–Kier alpha value is -3.11. The molecule has 0 unspecified atom stereocenters. The van der Waals surface area contributed by atoms with Crippen molar-refractivity contribution in [1.82, 2.24) is 14.7 Å². The SMILES string of the molecule is C#CCOC[C@H](O)CN(Cc1c(-c2ccccc2)nn(C)c1Oc1ccc(C)cc1)[C@H](C)CC. The quantitative estimate of drug-likeness (QED) is 0.310. The van der Waals surface area contributed by atoms with Gasteiger partial charge in [-0.05, 0) is 32.4 Å². The van der Waals surface area contributed by atoms with E-state index in [0.717, 1.165) is 29.0 Å². The van der Waals surface area contributed by atoms with Crippen molar-refractivity contribution in [2.24, 2.45) is 7.05 Å². The van der Waals surface area contributed by atoms with E-state index in [-0.39, 0.29) is 19.3 Å². The first-order valence-corrected chi connectivity index (χ1v) is 11.7. The van der Waals surface area contributed by atoms with Crippen LogP contribution in [0.4, 0.5) is 0 Å². The maximum Gasteiger partial charge on any atom is 0.222 e. The van der Waals surface area contributed by atoms with Gasteiger partial charge in [-0.2, -0.15) is 5.10 Å². The van der Waals surface area contributed by atoms with Crippen molar-refractivity contribution in [2.45, 2.75) is 45.9 Å². The minimum atomic E-state index is -0.652. The molecule has 0 bridgehead atoms. The van der Waals surface area contributed by atoms with Crippen LogP contribution in [0.15, 0.2) is 54.6 Å². The third-order valence-electron chi connectivity index (χ3n) is 5.89. The minimum Gasteiger partial charge on any atom is -0.439 e. The van der Waals surface area contributed by atoms with E-state index >= 15 is 0 Å². The Labute approximate surface area is 203 Å². The molecule has 34 heavy (non-hydrogen) atoms. The topological polar surface area (TPSA) is 59.8 Å². The van der Waals surface area contributed by atoms with E-state index in [4.69, 9.17) is 21.0 Å². The first-order chi connectivity index (χ1) is 16.4. The van der Waals surface area contributed by atoms with Gasteiger partial charge in [-0.25, -0.2) is 4.68 Å². The van der Waals surface area contributed by atoms with Crippen molar-refractivity contribution in [3.8, 4) is 35.2 Å². The molecule has 180 valence electrons. The molecule has 0 spiro atoms. The second-order valence-electron chi connectivity index (χ2n) is 8.60. The van der Waals surface area contributed by atoms with E-state index in [2.05, 4.69) is 43.7 Å². The number of hydrogen-bond donors (Lipinski definition) is 1. The summed E-state index contributed by atoms with van der Waals surface area (Å²) in [6.07, 6.45) is 5.55. The van der Waals surface area contributed by atoms with Crippen LogP contribution in [0.5, 0.6) is 11.6 Å². The van der Waals surface area contributed by atoms with Crippen LogP contribution in [0.2, 0.25) is 0 Å². The molecule has 1 aromatic heterocycles. The number of nitrogens with zero attached hydrogens (tertiary/aromatic N) is 3. The lowest BCUT2D eigenvalue weighted by Crippen LogP contribution is -2.40. The molecule has 2 atom stereocenters. The Kier molecular flexibility index (Phi) is 9.29. The van der Waals surface area contributed by atoms with Gasteiger partial charge in [0.1, 0.15) is 18.1 Å². The van der Waals surface area contributed by atoms with Gasteiger partial charge in [-0.15, -0.1) is 6.42 Å². The second-order valence-corrected chi connectivity index (χ2v) is 8.60. The first kappa shape index (κ1) is 25.5. The van der Waals surface area contributed by atoms with Gasteiger partial charge in [0.25, 0.3) is 0 Å². The predicted molar refractivity (Wildman–Crippen MR) is 136 cm³/mol. The zero-order valence-electron chi connectivity index (χ0n) is 20.6. The van der Waals surface area contributed by atoms with Crippen molar-refractivity contribution >= 4 is 0 Å². The highest BCUT2D eigenvalue weighted by molar-refractivity contribution is 5.65. The van der Waals surface area contributed by atoms with Crippen LogP contribution in [-0.4, -0.2) is 51.7 Å². The van der Waals surface area contributed by atoms with Crippen molar-refractivity contribution in [2.75, 3.05) is 19.8 Å². The highest BCUT2D eigenvalue weighted by Gasteiger charge is 2.25. The number of ether oxygens (including phenoxy) is 2. The number of hydrogen-bond acceptors (Lipinski definition) is 5. The molecule has 3 rings (SSSR count). The molecule has 3 aromatic rings. The molecule has 0 amide bonds. The lowest BCUT2D eigenvalue weighted by molar-refractivity contribution is 0.0169. The Balaban J connectivity index is 1.96. The summed E-state index contributed by atoms with van der Waals surface area (Å²) in [6, 6.07) is 18.3. The summed E-state index contributed by atoms with van der Waals surface area (Å²) in [5, 5.41) is 15.4. The first-order valence-electron chi connectivity index (χ1n) is 11.7. The summed E-state index contributed by atoms with van der Waals surface area (Å²) in [5.41, 5.74) is 4.04. The van der Waals surface area contributed by atoms with Crippen LogP contribution in [0.25, 0.3) is 11.3 Å². The predicted octanol–water partition coefficient (Wildman–Crippen LogP) is 4.80. The summed E-state index contributed by atoms with van der Waals surface area (Å²) in [6.45, 7) is 7.76. The standard InChI is InChI=1S/C28H35N3O3/c1-6-17-33-20-24(32)18-31(22(4)7-2)19-26-27(23-11-9-8-10-12-23)29-30(5)28(26)34-25-15-13-21(3)14-16-25/h1,8-16,22,24,32H,7,17-20H2,2-5H3/t22-,24-/m1/s1. The van der Waals surface area contributed by atoms with Crippen molar-refractivity contribution in [3.05, 3.63) is 65.7 Å². The van der Waals surface area contributed by atoms with Crippen molar-refractivity contribution in [1.29, 1.82) is 0 Å². The molecular formula is C28H35N3O3. The van der Waals surface area contributed by atoms with Crippen LogP contribution in [0.1, 0.15) is 31.4 Å². The summed E-state index contributed by atoms with van der Waals surface area (Å²) in [4.78, 5) is 2.25. The van der Waals surface area contributed by atoms with Crippen LogP contribution in [-0.2, 0) is 18.3 Å². The molecule has 1 N–H and O–H groups in total. The van der Waals surface area contributed by atoms with Crippen LogP contribution in [0, 0.1) is 19.3 Å². The van der Waals surface area contributed by atoms with Gasteiger partial charge in [0.05, 0.1) is 18.3 Å². The van der Waals surface area contributed by atoms with Gasteiger partial charge in [-0.3, -0.25) is 4.90 Å². The second kappa shape index (κ2) is 12.4. The van der Waals surface area contributed by atoms with Crippen LogP contribution < -0.4 is 4.74 Å². The number of terminal acetylenes is 1. The Morgan fingerprint density at radius 3 is 2.50 bits per heavy atom. The highest BCUT2D eigenvalue weighted by atomic mass is 16.5. The average Bonchev–Trinajstić information content (AvgIpc) is 3.15. The average molecular weight is 462 g/mol. The molecule has 0 aliphatic rings.